The van der Waals surface area contributed by atoms with E-state index in [-0.39, 0.29) is 12.5 Å². The largest absolute Gasteiger partial charge is 0.375 e. The van der Waals surface area contributed by atoms with Crippen molar-refractivity contribution < 1.29 is 4.79 Å². The number of anilines is 2. The predicted molar refractivity (Wildman–Crippen MR) is 89.5 cm³/mol. The summed E-state index contributed by atoms with van der Waals surface area (Å²) in [5.74, 6) is -0.142. The molecule has 0 radical (unpaired) electrons. The highest BCUT2D eigenvalue weighted by Crippen LogP contribution is 2.28. The van der Waals surface area contributed by atoms with Crippen molar-refractivity contribution in [3.8, 4) is 0 Å². The number of carbonyl (C=O) groups excluding carboxylic acids is 1. The average molecular weight is 323 g/mol. The third-order valence-corrected chi connectivity index (χ3v) is 3.83. The van der Waals surface area contributed by atoms with E-state index in [1.165, 1.54) is 0 Å². The number of benzene rings is 2. The maximum absolute atomic E-state index is 12.0. The Kier molecular flexibility index (Phi) is 5.10. The zero-order valence-corrected chi connectivity index (χ0v) is 13.3. The Hall–Kier alpha value is -1.71. The monoisotopic (exact) mass is 322 g/mol. The van der Waals surface area contributed by atoms with Crippen LogP contribution in [0.3, 0.4) is 0 Å². The molecule has 2 aromatic carbocycles. The molecule has 110 valence electrons. The second-order valence-corrected chi connectivity index (χ2v) is 5.61. The first-order valence-electron chi connectivity index (χ1n) is 6.52. The van der Waals surface area contributed by atoms with Crippen LogP contribution in [-0.4, -0.2) is 12.5 Å². The van der Waals surface area contributed by atoms with Gasteiger partial charge in [0.05, 0.1) is 17.3 Å². The zero-order chi connectivity index (χ0) is 15.4. The Morgan fingerprint density at radius 1 is 1.00 bits per heavy atom. The van der Waals surface area contributed by atoms with Crippen LogP contribution in [0.15, 0.2) is 36.4 Å². The SMILES string of the molecule is Cc1cc(Cl)c(NCC(=O)Nc2ccccc2C)cc1Cl. The topological polar surface area (TPSA) is 41.1 Å². The van der Waals surface area contributed by atoms with Crippen LogP contribution in [0.1, 0.15) is 11.1 Å². The third-order valence-electron chi connectivity index (χ3n) is 3.11. The van der Waals surface area contributed by atoms with Gasteiger partial charge in [-0.1, -0.05) is 41.4 Å². The Labute approximate surface area is 134 Å². The maximum Gasteiger partial charge on any atom is 0.243 e. The summed E-state index contributed by atoms with van der Waals surface area (Å²) in [6, 6.07) is 11.1. The van der Waals surface area contributed by atoms with Crippen molar-refractivity contribution in [2.75, 3.05) is 17.2 Å². The van der Waals surface area contributed by atoms with Gasteiger partial charge in [-0.3, -0.25) is 4.79 Å². The van der Waals surface area contributed by atoms with Gasteiger partial charge in [0, 0.05) is 10.7 Å². The lowest BCUT2D eigenvalue weighted by molar-refractivity contribution is -0.114. The van der Waals surface area contributed by atoms with Crippen molar-refractivity contribution in [2.45, 2.75) is 13.8 Å². The van der Waals surface area contributed by atoms with Gasteiger partial charge in [0.2, 0.25) is 5.91 Å². The highest BCUT2D eigenvalue weighted by molar-refractivity contribution is 6.35. The number of aryl methyl sites for hydroxylation is 2. The van der Waals surface area contributed by atoms with E-state index in [0.717, 1.165) is 16.8 Å². The summed E-state index contributed by atoms with van der Waals surface area (Å²) < 4.78 is 0. The molecule has 21 heavy (non-hydrogen) atoms. The predicted octanol–water partition coefficient (Wildman–Crippen LogP) is 4.66. The van der Waals surface area contributed by atoms with E-state index in [2.05, 4.69) is 10.6 Å². The summed E-state index contributed by atoms with van der Waals surface area (Å²) in [6.07, 6.45) is 0. The van der Waals surface area contributed by atoms with Gasteiger partial charge in [-0.15, -0.1) is 0 Å². The number of rotatable bonds is 4. The van der Waals surface area contributed by atoms with Gasteiger partial charge in [0.15, 0.2) is 0 Å². The van der Waals surface area contributed by atoms with Crippen LogP contribution in [0, 0.1) is 13.8 Å². The van der Waals surface area contributed by atoms with E-state index < -0.39 is 0 Å². The molecule has 2 aromatic rings. The maximum atomic E-state index is 12.0. The van der Waals surface area contributed by atoms with Crippen LogP contribution in [0.25, 0.3) is 0 Å². The Balaban J connectivity index is 1.99. The van der Waals surface area contributed by atoms with Crippen LogP contribution >= 0.6 is 23.2 Å². The van der Waals surface area contributed by atoms with E-state index in [1.807, 2.05) is 38.1 Å². The summed E-state index contributed by atoms with van der Waals surface area (Å²) in [4.78, 5) is 12.0. The molecule has 0 aliphatic rings. The van der Waals surface area contributed by atoms with Gasteiger partial charge < -0.3 is 10.6 Å². The molecule has 0 spiro atoms. The molecule has 0 saturated carbocycles. The van der Waals surface area contributed by atoms with E-state index in [1.54, 1.807) is 12.1 Å². The van der Waals surface area contributed by atoms with Crippen molar-refractivity contribution in [3.05, 3.63) is 57.6 Å². The number of carbonyl (C=O) groups is 1. The van der Waals surface area contributed by atoms with Crippen LogP contribution in [-0.2, 0) is 4.79 Å². The van der Waals surface area contributed by atoms with Gasteiger partial charge in [0.25, 0.3) is 0 Å². The molecule has 3 nitrogen and oxygen atoms in total. The molecule has 1 amide bonds. The first-order valence-corrected chi connectivity index (χ1v) is 7.28. The van der Waals surface area contributed by atoms with E-state index in [4.69, 9.17) is 23.2 Å². The normalized spacial score (nSPS) is 10.3. The van der Waals surface area contributed by atoms with Crippen molar-refractivity contribution in [3.63, 3.8) is 0 Å². The Bertz CT molecular complexity index is 671. The minimum atomic E-state index is -0.142. The second kappa shape index (κ2) is 6.83. The lowest BCUT2D eigenvalue weighted by Crippen LogP contribution is -2.22. The van der Waals surface area contributed by atoms with Crippen LogP contribution in [0.5, 0.6) is 0 Å². The first kappa shape index (κ1) is 15.7. The zero-order valence-electron chi connectivity index (χ0n) is 11.8. The molecular weight excluding hydrogens is 307 g/mol. The molecule has 0 fully saturated rings. The second-order valence-electron chi connectivity index (χ2n) is 4.80. The van der Waals surface area contributed by atoms with Gasteiger partial charge in [0.1, 0.15) is 0 Å². The van der Waals surface area contributed by atoms with Crippen LogP contribution < -0.4 is 10.6 Å². The van der Waals surface area contributed by atoms with Gasteiger partial charge in [-0.25, -0.2) is 0 Å². The fourth-order valence-corrected chi connectivity index (χ4v) is 2.31. The number of para-hydroxylation sites is 1. The summed E-state index contributed by atoms with van der Waals surface area (Å²) >= 11 is 12.2. The molecule has 0 unspecified atom stereocenters. The molecule has 0 aliphatic carbocycles. The molecule has 0 atom stereocenters. The number of amides is 1. The molecule has 0 bridgehead atoms. The smallest absolute Gasteiger partial charge is 0.243 e. The lowest BCUT2D eigenvalue weighted by atomic mass is 10.2. The fraction of sp³-hybridized carbons (Fsp3) is 0.188. The van der Waals surface area contributed by atoms with Gasteiger partial charge in [-0.2, -0.15) is 0 Å². The molecule has 0 aromatic heterocycles. The molecule has 0 saturated heterocycles. The first-order chi connectivity index (χ1) is 9.97. The van der Waals surface area contributed by atoms with Crippen molar-refractivity contribution >= 4 is 40.5 Å². The summed E-state index contributed by atoms with van der Waals surface area (Å²) in [5, 5.41) is 6.99. The minimum absolute atomic E-state index is 0.118. The lowest BCUT2D eigenvalue weighted by Gasteiger charge is -2.11. The van der Waals surface area contributed by atoms with E-state index in [0.29, 0.717) is 15.7 Å². The Morgan fingerprint density at radius 3 is 2.43 bits per heavy atom. The molecule has 2 rings (SSSR count). The highest BCUT2D eigenvalue weighted by Gasteiger charge is 2.08. The van der Waals surface area contributed by atoms with Gasteiger partial charge >= 0.3 is 0 Å². The Morgan fingerprint density at radius 2 is 1.71 bits per heavy atom. The van der Waals surface area contributed by atoms with Crippen molar-refractivity contribution in [1.29, 1.82) is 0 Å². The molecule has 2 N–H and O–H groups in total. The van der Waals surface area contributed by atoms with Crippen molar-refractivity contribution in [1.82, 2.24) is 0 Å². The van der Waals surface area contributed by atoms with E-state index in [9.17, 15) is 4.79 Å². The quantitative estimate of drug-likeness (QED) is 0.859. The highest BCUT2D eigenvalue weighted by atomic mass is 35.5. The summed E-state index contributed by atoms with van der Waals surface area (Å²) in [5.41, 5.74) is 3.36. The average Bonchev–Trinajstić information content (AvgIpc) is 2.44. The third kappa shape index (κ3) is 4.13. The summed E-state index contributed by atoms with van der Waals surface area (Å²) in [7, 11) is 0. The van der Waals surface area contributed by atoms with Crippen LogP contribution in [0.4, 0.5) is 11.4 Å². The molecular formula is C16H16Cl2N2O. The molecule has 0 heterocycles. The number of hydrogen-bond donors (Lipinski definition) is 2. The van der Waals surface area contributed by atoms with Gasteiger partial charge in [-0.05, 0) is 43.2 Å². The van der Waals surface area contributed by atoms with Crippen LogP contribution in [0.2, 0.25) is 10.0 Å². The molecule has 0 aliphatic heterocycles. The van der Waals surface area contributed by atoms with Crippen molar-refractivity contribution in [2.24, 2.45) is 0 Å². The minimum Gasteiger partial charge on any atom is -0.375 e. The van der Waals surface area contributed by atoms with E-state index >= 15 is 0 Å². The fourth-order valence-electron chi connectivity index (χ4n) is 1.86. The number of nitrogens with one attached hydrogen (secondary N) is 2. The number of hydrogen-bond acceptors (Lipinski definition) is 2. The number of halogens is 2. The summed E-state index contributed by atoms with van der Waals surface area (Å²) in [6.45, 7) is 3.94. The standard InChI is InChI=1S/C16H16Cl2N2O/c1-10-5-3-4-6-14(10)20-16(21)9-19-15-8-12(17)11(2)7-13(15)18/h3-8,19H,9H2,1-2H3,(H,20,21). The molecule has 5 heteroatoms.